The number of carbonyl (C=O) groups is 1. The number of aryl methyl sites for hydroxylation is 1. The van der Waals surface area contributed by atoms with Gasteiger partial charge in [0.2, 0.25) is 0 Å². The standard InChI is InChI=1S/C19H24N2O3S/c1-4-14(3)20-19(22)16-10-8-11-17(13-16)25(23,24)21-18-12-7-6-9-15(18)5-2/h6-14,21H,4-5H2,1-3H3,(H,20,22). The zero-order valence-electron chi connectivity index (χ0n) is 14.7. The van der Waals surface area contributed by atoms with Gasteiger partial charge in [0.15, 0.2) is 0 Å². The zero-order valence-corrected chi connectivity index (χ0v) is 15.6. The maximum Gasteiger partial charge on any atom is 0.261 e. The van der Waals surface area contributed by atoms with E-state index in [0.717, 1.165) is 18.4 Å². The SMILES string of the molecule is CCc1ccccc1NS(=O)(=O)c1cccc(C(=O)NC(C)CC)c1. The monoisotopic (exact) mass is 360 g/mol. The maximum absolute atomic E-state index is 12.7. The molecule has 2 N–H and O–H groups in total. The van der Waals surface area contributed by atoms with Crippen molar-refractivity contribution in [1.82, 2.24) is 5.32 Å². The van der Waals surface area contributed by atoms with Crippen LogP contribution >= 0.6 is 0 Å². The Bertz CT molecular complexity index is 847. The van der Waals surface area contributed by atoms with Crippen LogP contribution in [0.5, 0.6) is 0 Å². The minimum atomic E-state index is -3.77. The summed E-state index contributed by atoms with van der Waals surface area (Å²) in [4.78, 5) is 12.3. The van der Waals surface area contributed by atoms with Crippen LogP contribution in [-0.4, -0.2) is 20.4 Å². The minimum absolute atomic E-state index is 0.0299. The van der Waals surface area contributed by atoms with Crippen molar-refractivity contribution in [1.29, 1.82) is 0 Å². The summed E-state index contributed by atoms with van der Waals surface area (Å²) in [7, 11) is -3.77. The van der Waals surface area contributed by atoms with E-state index in [1.54, 1.807) is 24.3 Å². The lowest BCUT2D eigenvalue weighted by Crippen LogP contribution is -2.32. The largest absolute Gasteiger partial charge is 0.350 e. The molecule has 1 unspecified atom stereocenters. The Hall–Kier alpha value is -2.34. The molecule has 0 bridgehead atoms. The number of carbonyl (C=O) groups excluding carboxylic acids is 1. The number of rotatable bonds is 7. The smallest absolute Gasteiger partial charge is 0.261 e. The lowest BCUT2D eigenvalue weighted by atomic mass is 10.1. The summed E-state index contributed by atoms with van der Waals surface area (Å²) in [6.07, 6.45) is 1.52. The van der Waals surface area contributed by atoms with Crippen molar-refractivity contribution >= 4 is 21.6 Å². The van der Waals surface area contributed by atoms with Crippen molar-refractivity contribution in [2.45, 2.75) is 44.6 Å². The molecular formula is C19H24N2O3S. The van der Waals surface area contributed by atoms with Crippen LogP contribution in [0.2, 0.25) is 0 Å². The first kappa shape index (κ1) is 19.0. The van der Waals surface area contributed by atoms with Gasteiger partial charge in [-0.25, -0.2) is 8.42 Å². The molecule has 2 aromatic rings. The fourth-order valence-corrected chi connectivity index (χ4v) is 3.49. The van der Waals surface area contributed by atoms with E-state index in [9.17, 15) is 13.2 Å². The van der Waals surface area contributed by atoms with E-state index in [0.29, 0.717) is 11.3 Å². The molecule has 0 aliphatic carbocycles. The molecule has 0 spiro atoms. The molecule has 0 aliphatic heterocycles. The Balaban J connectivity index is 2.28. The van der Waals surface area contributed by atoms with Crippen LogP contribution in [0.15, 0.2) is 53.4 Å². The highest BCUT2D eigenvalue weighted by molar-refractivity contribution is 7.92. The van der Waals surface area contributed by atoms with E-state index in [-0.39, 0.29) is 16.8 Å². The molecule has 0 heterocycles. The Labute approximate surface area is 149 Å². The van der Waals surface area contributed by atoms with E-state index in [4.69, 9.17) is 0 Å². The van der Waals surface area contributed by atoms with Crippen molar-refractivity contribution in [3.63, 3.8) is 0 Å². The molecule has 25 heavy (non-hydrogen) atoms. The molecule has 0 aromatic heterocycles. The molecule has 0 fully saturated rings. The highest BCUT2D eigenvalue weighted by Crippen LogP contribution is 2.21. The van der Waals surface area contributed by atoms with E-state index in [1.165, 1.54) is 12.1 Å². The van der Waals surface area contributed by atoms with Crippen molar-refractivity contribution < 1.29 is 13.2 Å². The van der Waals surface area contributed by atoms with Gasteiger partial charge in [-0.1, -0.05) is 38.1 Å². The van der Waals surface area contributed by atoms with Crippen molar-refractivity contribution in [3.05, 3.63) is 59.7 Å². The van der Waals surface area contributed by atoms with Gasteiger partial charge in [-0.05, 0) is 49.6 Å². The second kappa shape index (κ2) is 8.16. The molecule has 0 saturated carbocycles. The number of hydrogen-bond donors (Lipinski definition) is 2. The van der Waals surface area contributed by atoms with Crippen LogP contribution in [0.3, 0.4) is 0 Å². The third-order valence-corrected chi connectivity index (χ3v) is 5.40. The van der Waals surface area contributed by atoms with Gasteiger partial charge >= 0.3 is 0 Å². The normalized spacial score (nSPS) is 12.4. The van der Waals surface area contributed by atoms with Gasteiger partial charge in [0.1, 0.15) is 0 Å². The van der Waals surface area contributed by atoms with Crippen LogP contribution in [0.4, 0.5) is 5.69 Å². The second-order valence-electron chi connectivity index (χ2n) is 5.93. The molecule has 6 heteroatoms. The summed E-state index contributed by atoms with van der Waals surface area (Å²) in [6, 6.07) is 13.4. The Kier molecular flexibility index (Phi) is 6.20. The van der Waals surface area contributed by atoms with Crippen LogP contribution in [-0.2, 0) is 16.4 Å². The average Bonchev–Trinajstić information content (AvgIpc) is 2.61. The summed E-state index contributed by atoms with van der Waals surface area (Å²) >= 11 is 0. The Morgan fingerprint density at radius 1 is 1.08 bits per heavy atom. The quantitative estimate of drug-likeness (QED) is 0.792. The number of hydrogen-bond acceptors (Lipinski definition) is 3. The van der Waals surface area contributed by atoms with Gasteiger partial charge < -0.3 is 5.32 Å². The van der Waals surface area contributed by atoms with Crippen LogP contribution < -0.4 is 10.0 Å². The number of para-hydroxylation sites is 1. The molecule has 0 aliphatic rings. The summed E-state index contributed by atoms with van der Waals surface area (Å²) in [5.41, 5.74) is 1.79. The summed E-state index contributed by atoms with van der Waals surface area (Å²) in [5.74, 6) is -0.277. The minimum Gasteiger partial charge on any atom is -0.350 e. The Morgan fingerprint density at radius 2 is 1.80 bits per heavy atom. The zero-order chi connectivity index (χ0) is 18.4. The molecular weight excluding hydrogens is 336 g/mol. The fourth-order valence-electron chi connectivity index (χ4n) is 2.35. The highest BCUT2D eigenvalue weighted by Gasteiger charge is 2.18. The van der Waals surface area contributed by atoms with E-state index < -0.39 is 10.0 Å². The van der Waals surface area contributed by atoms with Crippen molar-refractivity contribution in [2.75, 3.05) is 4.72 Å². The van der Waals surface area contributed by atoms with Gasteiger partial charge in [-0.2, -0.15) is 0 Å². The molecule has 2 aromatic carbocycles. The van der Waals surface area contributed by atoms with Crippen molar-refractivity contribution in [2.24, 2.45) is 0 Å². The molecule has 134 valence electrons. The number of sulfonamides is 1. The first-order chi connectivity index (χ1) is 11.9. The lowest BCUT2D eigenvalue weighted by Gasteiger charge is -2.14. The number of nitrogens with one attached hydrogen (secondary N) is 2. The van der Waals surface area contributed by atoms with Gasteiger partial charge in [-0.3, -0.25) is 9.52 Å². The van der Waals surface area contributed by atoms with Crippen LogP contribution in [0.25, 0.3) is 0 Å². The number of anilines is 1. The molecule has 2 rings (SSSR count). The summed E-state index contributed by atoms with van der Waals surface area (Å²) < 4.78 is 28.0. The number of amides is 1. The van der Waals surface area contributed by atoms with Gasteiger partial charge in [0.05, 0.1) is 10.6 Å². The van der Waals surface area contributed by atoms with E-state index in [2.05, 4.69) is 10.0 Å². The van der Waals surface area contributed by atoms with Crippen LogP contribution in [0, 0.1) is 0 Å². The Morgan fingerprint density at radius 3 is 2.48 bits per heavy atom. The van der Waals surface area contributed by atoms with Gasteiger partial charge in [0.25, 0.3) is 15.9 Å². The average molecular weight is 360 g/mol. The molecule has 5 nitrogen and oxygen atoms in total. The van der Waals surface area contributed by atoms with Gasteiger partial charge in [0, 0.05) is 11.6 Å². The maximum atomic E-state index is 12.7. The molecule has 1 amide bonds. The second-order valence-corrected chi connectivity index (χ2v) is 7.61. The first-order valence-corrected chi connectivity index (χ1v) is 9.87. The summed E-state index contributed by atoms with van der Waals surface area (Å²) in [5, 5.41) is 2.84. The number of benzene rings is 2. The fraction of sp³-hybridized carbons (Fsp3) is 0.316. The lowest BCUT2D eigenvalue weighted by molar-refractivity contribution is 0.0939. The first-order valence-electron chi connectivity index (χ1n) is 8.39. The third kappa shape index (κ3) is 4.82. The van der Waals surface area contributed by atoms with E-state index in [1.807, 2.05) is 32.9 Å². The topological polar surface area (TPSA) is 75.3 Å². The predicted molar refractivity (Wildman–Crippen MR) is 100 cm³/mol. The highest BCUT2D eigenvalue weighted by atomic mass is 32.2. The van der Waals surface area contributed by atoms with Crippen LogP contribution in [0.1, 0.15) is 43.1 Å². The van der Waals surface area contributed by atoms with Gasteiger partial charge in [-0.15, -0.1) is 0 Å². The molecule has 1 atom stereocenters. The molecule has 0 saturated heterocycles. The van der Waals surface area contributed by atoms with E-state index >= 15 is 0 Å². The predicted octanol–water partition coefficient (Wildman–Crippen LogP) is 3.58. The summed E-state index contributed by atoms with van der Waals surface area (Å²) in [6.45, 7) is 5.84. The third-order valence-electron chi connectivity index (χ3n) is 4.04. The molecule has 0 radical (unpaired) electrons. The van der Waals surface area contributed by atoms with Crippen molar-refractivity contribution in [3.8, 4) is 0 Å².